The zero-order valence-corrected chi connectivity index (χ0v) is 20.7. The van der Waals surface area contributed by atoms with Crippen LogP contribution < -0.4 is 0 Å². The Bertz CT molecular complexity index is 1220. The number of aromatic nitrogens is 1. The number of nitrogens with zero attached hydrogens (tertiary/aromatic N) is 1. The SMILES string of the molecule is CCCC(c1ccc(C(F)(F)F)cc1)n1cc(-c2ccc(Cl)cc2Cl)c2c1[C@H](CC(=O)O)CCC2. The van der Waals surface area contributed by atoms with Gasteiger partial charge in [0.1, 0.15) is 0 Å². The summed E-state index contributed by atoms with van der Waals surface area (Å²) in [5.74, 6) is -1.06. The standard InChI is InChI=1S/C27H26Cl2F3NO2/c1-2-4-24(16-7-9-18(10-8-16)27(30,31)32)33-15-22(20-12-11-19(28)14-23(20)29)21-6-3-5-17(26(21)33)13-25(34)35/h7-12,14-15,17,24H,2-6,13H2,1H3,(H,34,35)/t17-,24?/m0/s1. The van der Waals surface area contributed by atoms with Crippen LogP contribution in [0.25, 0.3) is 11.1 Å². The zero-order chi connectivity index (χ0) is 25.3. The van der Waals surface area contributed by atoms with Crippen molar-refractivity contribution in [3.05, 3.63) is 81.1 Å². The fraction of sp³-hybridized carbons (Fsp3) is 0.370. The molecule has 8 heteroatoms. The highest BCUT2D eigenvalue weighted by Gasteiger charge is 2.33. The van der Waals surface area contributed by atoms with Crippen molar-refractivity contribution in [1.29, 1.82) is 0 Å². The summed E-state index contributed by atoms with van der Waals surface area (Å²) < 4.78 is 41.6. The van der Waals surface area contributed by atoms with E-state index in [1.807, 2.05) is 19.2 Å². The molecule has 1 aliphatic carbocycles. The number of benzene rings is 2. The molecule has 0 bridgehead atoms. The lowest BCUT2D eigenvalue weighted by atomic mass is 9.83. The Balaban J connectivity index is 1.90. The van der Waals surface area contributed by atoms with Crippen molar-refractivity contribution in [3.8, 4) is 11.1 Å². The van der Waals surface area contributed by atoms with Crippen LogP contribution >= 0.6 is 23.2 Å². The number of halogens is 5. The van der Waals surface area contributed by atoms with Crippen LogP contribution in [0.4, 0.5) is 13.2 Å². The number of fused-ring (bicyclic) bond motifs is 1. The van der Waals surface area contributed by atoms with E-state index in [4.69, 9.17) is 23.2 Å². The third-order valence-electron chi connectivity index (χ3n) is 6.71. The number of rotatable bonds is 7. The smallest absolute Gasteiger partial charge is 0.416 e. The van der Waals surface area contributed by atoms with Gasteiger partial charge in [0.15, 0.2) is 0 Å². The number of hydrogen-bond donors (Lipinski definition) is 1. The summed E-state index contributed by atoms with van der Waals surface area (Å²) >= 11 is 12.7. The summed E-state index contributed by atoms with van der Waals surface area (Å²) in [5.41, 5.74) is 3.79. The van der Waals surface area contributed by atoms with E-state index < -0.39 is 17.7 Å². The Morgan fingerprint density at radius 3 is 2.46 bits per heavy atom. The summed E-state index contributed by atoms with van der Waals surface area (Å²) in [6.45, 7) is 2.03. The van der Waals surface area contributed by atoms with Crippen molar-refractivity contribution >= 4 is 29.2 Å². The van der Waals surface area contributed by atoms with E-state index >= 15 is 0 Å². The van der Waals surface area contributed by atoms with Gasteiger partial charge in [-0.15, -0.1) is 0 Å². The van der Waals surface area contributed by atoms with Crippen molar-refractivity contribution in [1.82, 2.24) is 4.57 Å². The van der Waals surface area contributed by atoms with Gasteiger partial charge in [-0.1, -0.05) is 54.7 Å². The minimum absolute atomic E-state index is 0.00331. The van der Waals surface area contributed by atoms with Crippen LogP contribution in [0.1, 0.15) is 73.4 Å². The predicted octanol–water partition coefficient (Wildman–Crippen LogP) is 8.76. The van der Waals surface area contributed by atoms with Crippen LogP contribution in [0, 0.1) is 0 Å². The Morgan fingerprint density at radius 2 is 1.86 bits per heavy atom. The maximum absolute atomic E-state index is 13.2. The van der Waals surface area contributed by atoms with Crippen LogP contribution in [0.15, 0.2) is 48.7 Å². The second-order valence-corrected chi connectivity index (χ2v) is 9.89. The lowest BCUT2D eigenvalue weighted by Crippen LogP contribution is -2.20. The van der Waals surface area contributed by atoms with Gasteiger partial charge in [-0.05, 0) is 61.1 Å². The van der Waals surface area contributed by atoms with Gasteiger partial charge in [0.2, 0.25) is 0 Å². The molecule has 1 aliphatic rings. The molecule has 2 atom stereocenters. The van der Waals surface area contributed by atoms with E-state index in [0.717, 1.165) is 65.8 Å². The van der Waals surface area contributed by atoms with Gasteiger partial charge in [-0.3, -0.25) is 4.79 Å². The van der Waals surface area contributed by atoms with Crippen LogP contribution in [-0.2, 0) is 17.4 Å². The first-order chi connectivity index (χ1) is 16.6. The molecule has 1 aromatic heterocycles. The molecule has 186 valence electrons. The minimum atomic E-state index is -4.41. The van der Waals surface area contributed by atoms with E-state index in [9.17, 15) is 23.1 Å². The first-order valence-corrected chi connectivity index (χ1v) is 12.4. The number of alkyl halides is 3. The molecule has 3 nitrogen and oxygen atoms in total. The summed E-state index contributed by atoms with van der Waals surface area (Å²) in [6.07, 6.45) is 1.46. The summed E-state index contributed by atoms with van der Waals surface area (Å²) in [6, 6.07) is 10.4. The van der Waals surface area contributed by atoms with Crippen molar-refractivity contribution < 1.29 is 23.1 Å². The van der Waals surface area contributed by atoms with Crippen molar-refractivity contribution in [2.24, 2.45) is 0 Å². The summed E-state index contributed by atoms with van der Waals surface area (Å²) in [4.78, 5) is 11.7. The first kappa shape index (κ1) is 25.6. The molecule has 1 N–H and O–H groups in total. The monoisotopic (exact) mass is 523 g/mol. The van der Waals surface area contributed by atoms with Gasteiger partial charge < -0.3 is 9.67 Å². The summed E-state index contributed by atoms with van der Waals surface area (Å²) in [7, 11) is 0. The molecule has 4 rings (SSSR count). The molecule has 3 aromatic rings. The Labute approximate surface area is 212 Å². The quantitative estimate of drug-likeness (QED) is 0.336. The zero-order valence-electron chi connectivity index (χ0n) is 19.2. The first-order valence-electron chi connectivity index (χ1n) is 11.7. The van der Waals surface area contributed by atoms with Crippen molar-refractivity contribution in [2.75, 3.05) is 0 Å². The van der Waals surface area contributed by atoms with Crippen LogP contribution in [0.2, 0.25) is 10.0 Å². The third kappa shape index (κ3) is 5.39. The van der Waals surface area contributed by atoms with Crippen molar-refractivity contribution in [2.45, 2.75) is 63.6 Å². The molecule has 0 saturated heterocycles. The van der Waals surface area contributed by atoms with Gasteiger partial charge in [0.05, 0.1) is 18.0 Å². The Kier molecular flexibility index (Phi) is 7.53. The van der Waals surface area contributed by atoms with E-state index in [1.54, 1.807) is 12.1 Å². The van der Waals surface area contributed by atoms with Gasteiger partial charge in [-0.2, -0.15) is 13.2 Å². The van der Waals surface area contributed by atoms with Gasteiger partial charge in [0, 0.05) is 39.0 Å². The maximum atomic E-state index is 13.2. The molecule has 0 fully saturated rings. The highest BCUT2D eigenvalue weighted by Crippen LogP contribution is 2.45. The normalized spacial score (nSPS) is 16.7. The molecule has 0 aliphatic heterocycles. The van der Waals surface area contributed by atoms with Gasteiger partial charge >= 0.3 is 12.1 Å². The fourth-order valence-corrected chi connectivity index (χ4v) is 5.71. The number of carboxylic acid groups (broad SMARTS) is 1. The van der Waals surface area contributed by atoms with Gasteiger partial charge in [-0.25, -0.2) is 0 Å². The highest BCUT2D eigenvalue weighted by molar-refractivity contribution is 6.36. The highest BCUT2D eigenvalue weighted by atomic mass is 35.5. The minimum Gasteiger partial charge on any atom is -0.481 e. The predicted molar refractivity (Wildman–Crippen MR) is 132 cm³/mol. The molecular formula is C27H26Cl2F3NO2. The van der Waals surface area contributed by atoms with Crippen LogP contribution in [0.5, 0.6) is 0 Å². The number of carboxylic acids is 1. The molecule has 35 heavy (non-hydrogen) atoms. The van der Waals surface area contributed by atoms with Crippen LogP contribution in [-0.4, -0.2) is 15.6 Å². The Morgan fingerprint density at radius 1 is 1.14 bits per heavy atom. The second-order valence-electron chi connectivity index (χ2n) is 9.05. The van der Waals surface area contributed by atoms with E-state index in [1.165, 1.54) is 12.1 Å². The third-order valence-corrected chi connectivity index (χ3v) is 7.26. The number of aliphatic carboxylic acids is 1. The van der Waals surface area contributed by atoms with Gasteiger partial charge in [0.25, 0.3) is 0 Å². The average molecular weight is 524 g/mol. The summed E-state index contributed by atoms with van der Waals surface area (Å²) in [5, 5.41) is 10.6. The lowest BCUT2D eigenvalue weighted by Gasteiger charge is -2.29. The number of carbonyl (C=O) groups is 1. The molecule has 0 radical (unpaired) electrons. The van der Waals surface area contributed by atoms with E-state index in [0.29, 0.717) is 16.5 Å². The fourth-order valence-electron chi connectivity index (χ4n) is 5.20. The molecule has 0 amide bonds. The number of hydrogen-bond acceptors (Lipinski definition) is 1. The largest absolute Gasteiger partial charge is 0.481 e. The maximum Gasteiger partial charge on any atom is 0.416 e. The average Bonchev–Trinajstić information content (AvgIpc) is 3.17. The topological polar surface area (TPSA) is 42.2 Å². The lowest BCUT2D eigenvalue weighted by molar-refractivity contribution is -0.138. The molecule has 0 saturated carbocycles. The molecule has 0 spiro atoms. The molecule has 1 heterocycles. The van der Waals surface area contributed by atoms with E-state index in [2.05, 4.69) is 4.57 Å². The van der Waals surface area contributed by atoms with E-state index in [-0.39, 0.29) is 18.4 Å². The second kappa shape index (κ2) is 10.3. The Hall–Kier alpha value is -2.44. The van der Waals surface area contributed by atoms with Crippen molar-refractivity contribution in [3.63, 3.8) is 0 Å². The molecule has 1 unspecified atom stereocenters. The molecular weight excluding hydrogens is 498 g/mol. The van der Waals surface area contributed by atoms with Crippen LogP contribution in [0.3, 0.4) is 0 Å². The molecule has 2 aromatic carbocycles.